The molecule has 3 aromatic heterocycles. The van der Waals surface area contributed by atoms with Gasteiger partial charge in [0.15, 0.2) is 23.4 Å². The lowest BCUT2D eigenvalue weighted by atomic mass is 9.93. The number of rotatable bonds is 10. The van der Waals surface area contributed by atoms with Crippen LogP contribution < -0.4 is 29.0 Å². The molecule has 0 aliphatic carbocycles. The molecule has 1 fully saturated rings. The summed E-state index contributed by atoms with van der Waals surface area (Å²) in [4.78, 5) is 10.6. The number of halogens is 1. The number of carbonyl (C=O) groups excluding carboxylic acids is 1. The Hall–Kier alpha value is -6.47. The summed E-state index contributed by atoms with van der Waals surface area (Å²) in [5, 5.41) is 6.39. The summed E-state index contributed by atoms with van der Waals surface area (Å²) in [6, 6.07) is 31.3. The smallest absolute Gasteiger partial charge is 0.161 e. The quantitative estimate of drug-likeness (QED) is 0.132. The summed E-state index contributed by atoms with van der Waals surface area (Å²) < 4.78 is 49.6. The average molecular weight is 917 g/mol. The molecule has 2 aliphatic heterocycles. The van der Waals surface area contributed by atoms with Gasteiger partial charge < -0.3 is 47.0 Å². The lowest BCUT2D eigenvalue weighted by Crippen LogP contribution is -2.28. The van der Waals surface area contributed by atoms with E-state index in [2.05, 4.69) is 57.7 Å². The molecule has 1 N–H and O–H groups in total. The van der Waals surface area contributed by atoms with E-state index in [1.54, 1.807) is 65.4 Å². The van der Waals surface area contributed by atoms with E-state index in [-0.39, 0.29) is 6.04 Å². The van der Waals surface area contributed by atoms with E-state index >= 15 is 0 Å². The van der Waals surface area contributed by atoms with Crippen molar-refractivity contribution in [2.45, 2.75) is 31.9 Å². The molecule has 2 aliphatic rings. The Kier molecular flexibility index (Phi) is 15.6. The van der Waals surface area contributed by atoms with Crippen LogP contribution in [0.2, 0.25) is 0 Å². The highest BCUT2D eigenvalue weighted by molar-refractivity contribution is 9.10. The summed E-state index contributed by atoms with van der Waals surface area (Å²) in [5.41, 5.74) is 7.38. The van der Waals surface area contributed by atoms with Crippen molar-refractivity contribution < 1.29 is 46.5 Å². The second-order valence-electron chi connectivity index (χ2n) is 14.4. The number of fused-ring (bicyclic) bond motifs is 4. The van der Waals surface area contributed by atoms with Crippen LogP contribution in [0.15, 0.2) is 140 Å². The van der Waals surface area contributed by atoms with Crippen LogP contribution in [0.3, 0.4) is 0 Å². The number of benzene rings is 5. The Morgan fingerprint density at radius 3 is 1.81 bits per heavy atom. The standard InChI is InChI=1S/C28H27NO4.C10H8O3.C9H7BrO2.C4H8O/c1-30-25-11-9-20(28-22(25)13-15-32-28)8-10-24-23-17-26(31-2)27(16-21(23)12-14-29-24)33-18-19-6-4-3-5-7-19;1-12-9-3-2-7(6-11)10-8(9)4-5-13-10;1-11-8-3-2-7(10)9-6(8)4-5-12-9;1-2-4-5-3-1/h3-11,13,15-17,24,29H,12,14,18H2,1-2H3;2-6H,1H3;2-5H,1H3;1-4H2/b10-8+;;;. The maximum Gasteiger partial charge on any atom is 0.161 e. The highest BCUT2D eigenvalue weighted by Crippen LogP contribution is 2.38. The molecule has 63 heavy (non-hydrogen) atoms. The largest absolute Gasteiger partial charge is 0.496 e. The topological polar surface area (TPSA) is 124 Å². The predicted octanol–water partition coefficient (Wildman–Crippen LogP) is 12.2. The van der Waals surface area contributed by atoms with E-state index in [4.69, 9.17) is 41.7 Å². The normalized spacial score (nSPS) is 14.1. The number of nitrogens with one attached hydrogen (secondary N) is 1. The van der Waals surface area contributed by atoms with Crippen molar-refractivity contribution in [2.75, 3.05) is 48.2 Å². The van der Waals surface area contributed by atoms with E-state index in [0.717, 1.165) is 98.4 Å². The molecular formula is C51H50BrNO10. The Labute approximate surface area is 374 Å². The van der Waals surface area contributed by atoms with Gasteiger partial charge in [0.2, 0.25) is 0 Å². The SMILES string of the molecule is C1CCOC1.COc1cc2c(cc1OCc1ccccc1)CCNC2/C=C/c1ccc(OC)c2ccoc12.COc1ccc(Br)c2occc12.COc1ccc(C=O)c2occc12. The van der Waals surface area contributed by atoms with Crippen molar-refractivity contribution in [3.05, 3.63) is 154 Å². The molecule has 1 atom stereocenters. The highest BCUT2D eigenvalue weighted by Gasteiger charge is 2.22. The maximum atomic E-state index is 10.6. The van der Waals surface area contributed by atoms with Crippen LogP contribution in [0, 0.1) is 0 Å². The average Bonchev–Trinajstić information content (AvgIpc) is 4.20. The third-order valence-electron chi connectivity index (χ3n) is 10.6. The first-order chi connectivity index (χ1) is 31.0. The zero-order valence-corrected chi connectivity index (χ0v) is 37.3. The van der Waals surface area contributed by atoms with Crippen LogP contribution in [0.5, 0.6) is 28.7 Å². The zero-order chi connectivity index (χ0) is 44.0. The zero-order valence-electron chi connectivity index (χ0n) is 35.7. The Morgan fingerprint density at radius 1 is 0.651 bits per heavy atom. The molecule has 10 rings (SSSR count). The van der Waals surface area contributed by atoms with E-state index in [1.165, 1.54) is 24.0 Å². The summed E-state index contributed by atoms with van der Waals surface area (Å²) in [7, 11) is 6.59. The third-order valence-corrected chi connectivity index (χ3v) is 11.2. The van der Waals surface area contributed by atoms with Crippen LogP contribution in [0.25, 0.3) is 39.0 Å². The van der Waals surface area contributed by atoms with Gasteiger partial charge in [0.25, 0.3) is 0 Å². The molecule has 12 heteroatoms. The van der Waals surface area contributed by atoms with Gasteiger partial charge in [-0.2, -0.15) is 0 Å². The second kappa shape index (κ2) is 22.1. The van der Waals surface area contributed by atoms with Crippen molar-refractivity contribution >= 4 is 61.2 Å². The van der Waals surface area contributed by atoms with Gasteiger partial charge in [-0.1, -0.05) is 42.5 Å². The number of methoxy groups -OCH3 is 4. The molecule has 0 amide bonds. The Morgan fingerprint density at radius 2 is 1.22 bits per heavy atom. The summed E-state index contributed by atoms with van der Waals surface area (Å²) >= 11 is 3.39. The van der Waals surface area contributed by atoms with E-state index < -0.39 is 0 Å². The van der Waals surface area contributed by atoms with Gasteiger partial charge in [0.05, 0.1) is 79.5 Å². The number of hydrogen-bond acceptors (Lipinski definition) is 11. The highest BCUT2D eigenvalue weighted by atomic mass is 79.9. The molecule has 11 nitrogen and oxygen atoms in total. The fraction of sp³-hybridized carbons (Fsp3) is 0.235. The van der Waals surface area contributed by atoms with Crippen LogP contribution in [-0.2, 0) is 17.8 Å². The molecule has 0 bridgehead atoms. The molecule has 5 heterocycles. The summed E-state index contributed by atoms with van der Waals surface area (Å²) in [5.74, 6) is 3.88. The van der Waals surface area contributed by atoms with Gasteiger partial charge in [-0.05, 0) is 119 Å². The molecule has 1 unspecified atom stereocenters. The fourth-order valence-corrected chi connectivity index (χ4v) is 7.80. The minimum atomic E-state index is 0.0675. The van der Waals surface area contributed by atoms with Gasteiger partial charge in [-0.15, -0.1) is 0 Å². The van der Waals surface area contributed by atoms with Crippen molar-refractivity contribution in [3.8, 4) is 28.7 Å². The number of aldehydes is 1. The Bertz CT molecular complexity index is 2740. The van der Waals surface area contributed by atoms with Crippen molar-refractivity contribution in [1.82, 2.24) is 5.32 Å². The summed E-state index contributed by atoms with van der Waals surface area (Å²) in [6.07, 6.45) is 13.4. The van der Waals surface area contributed by atoms with Gasteiger partial charge in [0, 0.05) is 25.3 Å². The lowest BCUT2D eigenvalue weighted by molar-refractivity contribution is 0.112. The molecule has 0 spiro atoms. The molecule has 5 aromatic carbocycles. The van der Waals surface area contributed by atoms with E-state index in [1.807, 2.05) is 54.6 Å². The third kappa shape index (κ3) is 10.8. The first-order valence-electron chi connectivity index (χ1n) is 20.6. The maximum absolute atomic E-state index is 10.6. The van der Waals surface area contributed by atoms with Gasteiger partial charge in [-0.3, -0.25) is 4.79 Å². The minimum Gasteiger partial charge on any atom is -0.496 e. The van der Waals surface area contributed by atoms with Crippen molar-refractivity contribution in [3.63, 3.8) is 0 Å². The lowest BCUT2D eigenvalue weighted by Gasteiger charge is -2.26. The van der Waals surface area contributed by atoms with Crippen LogP contribution in [0.4, 0.5) is 0 Å². The molecule has 0 radical (unpaired) electrons. The van der Waals surface area contributed by atoms with Crippen LogP contribution in [-0.4, -0.2) is 54.5 Å². The van der Waals surface area contributed by atoms with Crippen LogP contribution >= 0.6 is 15.9 Å². The van der Waals surface area contributed by atoms with Crippen molar-refractivity contribution in [1.29, 1.82) is 0 Å². The first-order valence-corrected chi connectivity index (χ1v) is 21.4. The number of furan rings is 3. The first kappa shape index (κ1) is 44.6. The Balaban J connectivity index is 0.000000160. The molecule has 1 saturated heterocycles. The van der Waals surface area contributed by atoms with E-state index in [0.29, 0.717) is 23.5 Å². The predicted molar refractivity (Wildman–Crippen MR) is 249 cm³/mol. The molecule has 8 aromatic rings. The molecule has 326 valence electrons. The van der Waals surface area contributed by atoms with Crippen molar-refractivity contribution in [2.24, 2.45) is 0 Å². The van der Waals surface area contributed by atoms with Gasteiger partial charge in [0.1, 0.15) is 35.0 Å². The number of ether oxygens (including phenoxy) is 6. The minimum absolute atomic E-state index is 0.0675. The summed E-state index contributed by atoms with van der Waals surface area (Å²) in [6.45, 7) is 3.40. The van der Waals surface area contributed by atoms with Gasteiger partial charge in [-0.25, -0.2) is 0 Å². The second-order valence-corrected chi connectivity index (χ2v) is 15.3. The monoisotopic (exact) mass is 915 g/mol. The van der Waals surface area contributed by atoms with Crippen LogP contribution in [0.1, 0.15) is 51.5 Å². The van der Waals surface area contributed by atoms with E-state index in [9.17, 15) is 4.79 Å². The molecular weight excluding hydrogens is 866 g/mol. The van der Waals surface area contributed by atoms with Gasteiger partial charge >= 0.3 is 0 Å². The number of hydrogen-bond donors (Lipinski definition) is 1. The molecule has 0 saturated carbocycles. The number of carbonyl (C=O) groups is 1. The fourth-order valence-electron chi connectivity index (χ4n) is 7.36.